The highest BCUT2D eigenvalue weighted by atomic mass is 16.5. The first-order chi connectivity index (χ1) is 8.61. The molecule has 5 nitrogen and oxygen atoms in total. The van der Waals surface area contributed by atoms with Gasteiger partial charge in [-0.2, -0.15) is 0 Å². The van der Waals surface area contributed by atoms with Crippen LogP contribution in [0.5, 0.6) is 0 Å². The van der Waals surface area contributed by atoms with Gasteiger partial charge in [0.2, 0.25) is 0 Å². The number of nitrogens with zero attached hydrogens (tertiary/aromatic N) is 2. The third-order valence-electron chi connectivity index (χ3n) is 2.55. The number of ether oxygens (including phenoxy) is 1. The zero-order valence-corrected chi connectivity index (χ0v) is 10.2. The lowest BCUT2D eigenvalue weighted by molar-refractivity contribution is 0.0599. The van der Waals surface area contributed by atoms with E-state index in [1.807, 2.05) is 12.1 Å². The van der Waals surface area contributed by atoms with Gasteiger partial charge in [-0.05, 0) is 31.2 Å². The maximum atomic E-state index is 11.4. The van der Waals surface area contributed by atoms with Crippen molar-refractivity contribution in [2.45, 2.75) is 6.92 Å². The second-order valence-corrected chi connectivity index (χ2v) is 3.81. The number of aromatic nitrogens is 2. The van der Waals surface area contributed by atoms with Crippen molar-refractivity contribution in [2.24, 2.45) is 0 Å². The molecule has 0 fully saturated rings. The van der Waals surface area contributed by atoms with E-state index in [9.17, 15) is 4.79 Å². The van der Waals surface area contributed by atoms with Gasteiger partial charge in [0.15, 0.2) is 5.82 Å². The van der Waals surface area contributed by atoms with Crippen molar-refractivity contribution in [3.8, 4) is 11.4 Å². The Kier molecular flexibility index (Phi) is 3.23. The Morgan fingerprint density at radius 1 is 1.28 bits per heavy atom. The molecule has 92 valence electrons. The van der Waals surface area contributed by atoms with E-state index in [0.29, 0.717) is 22.8 Å². The van der Waals surface area contributed by atoms with E-state index in [-0.39, 0.29) is 0 Å². The molecule has 0 aliphatic carbocycles. The van der Waals surface area contributed by atoms with Crippen molar-refractivity contribution in [2.75, 3.05) is 12.8 Å². The minimum absolute atomic E-state index is 0.372. The summed E-state index contributed by atoms with van der Waals surface area (Å²) in [6.07, 6.45) is 1.47. The molecule has 0 saturated heterocycles. The van der Waals surface area contributed by atoms with Crippen LogP contribution in [0.3, 0.4) is 0 Å². The van der Waals surface area contributed by atoms with E-state index in [4.69, 9.17) is 5.73 Å². The lowest BCUT2D eigenvalue weighted by atomic mass is 10.2. The summed E-state index contributed by atoms with van der Waals surface area (Å²) in [6.45, 7) is 1.74. The molecule has 1 aromatic carbocycles. The van der Waals surface area contributed by atoms with Crippen molar-refractivity contribution in [1.29, 1.82) is 0 Å². The number of esters is 1. The second-order valence-electron chi connectivity index (χ2n) is 3.81. The lowest BCUT2D eigenvalue weighted by Gasteiger charge is -2.05. The molecule has 1 aromatic heterocycles. The van der Waals surface area contributed by atoms with Gasteiger partial charge in [-0.25, -0.2) is 14.8 Å². The molecule has 0 amide bonds. The molecule has 5 heteroatoms. The Balaban J connectivity index is 2.40. The van der Waals surface area contributed by atoms with Crippen LogP contribution < -0.4 is 5.73 Å². The number of nitrogen functional groups attached to an aromatic ring is 1. The highest BCUT2D eigenvalue weighted by molar-refractivity contribution is 5.90. The van der Waals surface area contributed by atoms with Crippen LogP contribution in [0.15, 0.2) is 30.5 Å². The summed E-state index contributed by atoms with van der Waals surface area (Å²) < 4.78 is 4.64. The Morgan fingerprint density at radius 2 is 1.94 bits per heavy atom. The monoisotopic (exact) mass is 243 g/mol. The smallest absolute Gasteiger partial charge is 0.341 e. The molecule has 1 heterocycles. The van der Waals surface area contributed by atoms with Gasteiger partial charge >= 0.3 is 5.97 Å². The van der Waals surface area contributed by atoms with Gasteiger partial charge in [-0.15, -0.1) is 0 Å². The molecule has 0 unspecified atom stereocenters. The van der Waals surface area contributed by atoms with Gasteiger partial charge in [0.25, 0.3) is 0 Å². The summed E-state index contributed by atoms with van der Waals surface area (Å²) >= 11 is 0. The van der Waals surface area contributed by atoms with Crippen LogP contribution in [0.25, 0.3) is 11.4 Å². The van der Waals surface area contributed by atoms with Crippen LogP contribution in [0.1, 0.15) is 16.1 Å². The predicted molar refractivity (Wildman–Crippen MR) is 68.0 cm³/mol. The number of nitrogens with two attached hydrogens (primary N) is 1. The Morgan fingerprint density at radius 3 is 2.50 bits per heavy atom. The maximum absolute atomic E-state index is 11.4. The minimum Gasteiger partial charge on any atom is -0.465 e. The summed E-state index contributed by atoms with van der Waals surface area (Å²) in [6, 6.07) is 7.23. The van der Waals surface area contributed by atoms with E-state index >= 15 is 0 Å². The number of rotatable bonds is 2. The highest BCUT2D eigenvalue weighted by Gasteiger charge is 2.12. The fourth-order valence-electron chi connectivity index (χ4n) is 1.55. The molecule has 0 saturated carbocycles. The van der Waals surface area contributed by atoms with Crippen molar-refractivity contribution >= 4 is 11.7 Å². The quantitative estimate of drug-likeness (QED) is 0.643. The van der Waals surface area contributed by atoms with E-state index in [2.05, 4.69) is 14.7 Å². The van der Waals surface area contributed by atoms with Gasteiger partial charge < -0.3 is 10.5 Å². The normalized spacial score (nSPS) is 10.1. The summed E-state index contributed by atoms with van der Waals surface area (Å²) in [5.41, 5.74) is 8.11. The first kappa shape index (κ1) is 12.0. The average Bonchev–Trinajstić information content (AvgIpc) is 2.38. The van der Waals surface area contributed by atoms with Crippen LogP contribution in [0.4, 0.5) is 5.69 Å². The van der Waals surface area contributed by atoms with Gasteiger partial charge in [0, 0.05) is 17.4 Å². The van der Waals surface area contributed by atoms with Crippen LogP contribution in [0.2, 0.25) is 0 Å². The molecule has 0 aliphatic heterocycles. The van der Waals surface area contributed by atoms with Crippen molar-refractivity contribution < 1.29 is 9.53 Å². The predicted octanol–water partition coefficient (Wildman–Crippen LogP) is 1.82. The molecule has 2 rings (SSSR count). The number of hydrogen-bond acceptors (Lipinski definition) is 5. The van der Waals surface area contributed by atoms with Gasteiger partial charge in [0.1, 0.15) is 0 Å². The van der Waals surface area contributed by atoms with Gasteiger partial charge in [-0.3, -0.25) is 0 Å². The van der Waals surface area contributed by atoms with Crippen LogP contribution in [0, 0.1) is 6.92 Å². The number of carbonyl (C=O) groups excluding carboxylic acids is 1. The maximum Gasteiger partial charge on any atom is 0.341 e. The van der Waals surface area contributed by atoms with E-state index in [0.717, 1.165) is 5.56 Å². The number of anilines is 1. The number of methoxy groups -OCH3 is 1. The third-order valence-corrected chi connectivity index (χ3v) is 2.55. The number of benzene rings is 1. The number of carbonyl (C=O) groups is 1. The topological polar surface area (TPSA) is 78.1 Å². The summed E-state index contributed by atoms with van der Waals surface area (Å²) in [5.74, 6) is 0.122. The van der Waals surface area contributed by atoms with Gasteiger partial charge in [-0.1, -0.05) is 0 Å². The molecule has 0 bridgehead atoms. The van der Waals surface area contributed by atoms with E-state index < -0.39 is 5.97 Å². The van der Waals surface area contributed by atoms with Crippen molar-refractivity contribution in [1.82, 2.24) is 9.97 Å². The second kappa shape index (κ2) is 4.83. The first-order valence-corrected chi connectivity index (χ1v) is 5.39. The Bertz CT molecular complexity index is 579. The van der Waals surface area contributed by atoms with Crippen LogP contribution in [-0.2, 0) is 4.74 Å². The number of aryl methyl sites for hydroxylation is 1. The zero-order chi connectivity index (χ0) is 13.1. The fraction of sp³-hybridized carbons (Fsp3) is 0.154. The van der Waals surface area contributed by atoms with E-state index in [1.165, 1.54) is 13.3 Å². The molecule has 2 N–H and O–H groups in total. The van der Waals surface area contributed by atoms with Crippen molar-refractivity contribution in [3.63, 3.8) is 0 Å². The summed E-state index contributed by atoms with van der Waals surface area (Å²) in [7, 11) is 1.33. The standard InChI is InChI=1S/C13H13N3O2/c1-8-11(13(17)18-2)7-15-12(16-8)9-3-5-10(14)6-4-9/h3-7H,14H2,1-2H3. The Hall–Kier alpha value is -2.43. The molecule has 18 heavy (non-hydrogen) atoms. The molecular weight excluding hydrogens is 230 g/mol. The third kappa shape index (κ3) is 2.29. The largest absolute Gasteiger partial charge is 0.465 e. The van der Waals surface area contributed by atoms with Gasteiger partial charge in [0.05, 0.1) is 18.4 Å². The molecule has 0 radical (unpaired) electrons. The number of hydrogen-bond donors (Lipinski definition) is 1. The lowest BCUT2D eigenvalue weighted by Crippen LogP contribution is -2.07. The molecule has 0 atom stereocenters. The summed E-state index contributed by atoms with van der Waals surface area (Å²) in [5, 5.41) is 0. The molecule has 0 aliphatic rings. The van der Waals surface area contributed by atoms with E-state index in [1.54, 1.807) is 19.1 Å². The van der Waals surface area contributed by atoms with Crippen molar-refractivity contribution in [3.05, 3.63) is 41.7 Å². The molecule has 0 spiro atoms. The fourth-order valence-corrected chi connectivity index (χ4v) is 1.55. The SMILES string of the molecule is COC(=O)c1cnc(-c2ccc(N)cc2)nc1C. The molecular formula is C13H13N3O2. The average molecular weight is 243 g/mol. The molecule has 2 aromatic rings. The summed E-state index contributed by atoms with van der Waals surface area (Å²) in [4.78, 5) is 19.9. The zero-order valence-electron chi connectivity index (χ0n) is 10.2. The van der Waals surface area contributed by atoms with Crippen LogP contribution >= 0.6 is 0 Å². The highest BCUT2D eigenvalue weighted by Crippen LogP contribution is 2.17. The minimum atomic E-state index is -0.434. The first-order valence-electron chi connectivity index (χ1n) is 5.39. The Labute approximate surface area is 105 Å². The van der Waals surface area contributed by atoms with Crippen LogP contribution in [-0.4, -0.2) is 23.0 Å².